The van der Waals surface area contributed by atoms with Crippen LogP contribution in [0, 0.1) is 0 Å². The maximum Gasteiger partial charge on any atom is 0.192 e. The molecule has 0 aromatic carbocycles. The van der Waals surface area contributed by atoms with E-state index in [0.29, 0.717) is 0 Å². The van der Waals surface area contributed by atoms with E-state index in [2.05, 4.69) is 60.4 Å². The van der Waals surface area contributed by atoms with Gasteiger partial charge in [-0.2, -0.15) is 0 Å². The van der Waals surface area contributed by atoms with Crippen LogP contribution in [0.25, 0.3) is 0 Å². The minimum atomic E-state index is -1.67. The van der Waals surface area contributed by atoms with Gasteiger partial charge in [0.1, 0.15) is 0 Å². The first kappa shape index (κ1) is 16.7. The molecule has 0 aliphatic rings. The number of hydrogen-bond acceptors (Lipinski definition) is 1. The summed E-state index contributed by atoms with van der Waals surface area (Å²) in [5, 5.41) is 0.271. The molecule has 0 aliphatic carbocycles. The highest BCUT2D eigenvalue weighted by molar-refractivity contribution is 6.74. The Hall–Kier alpha value is -0.343. The van der Waals surface area contributed by atoms with Crippen molar-refractivity contribution in [3.05, 3.63) is 24.3 Å². The Balaban J connectivity index is 4.80. The van der Waals surface area contributed by atoms with Crippen molar-refractivity contribution in [2.45, 2.75) is 71.7 Å². The van der Waals surface area contributed by atoms with Crippen LogP contribution in [0.2, 0.25) is 18.1 Å². The highest BCUT2D eigenvalue weighted by atomic mass is 28.4. The van der Waals surface area contributed by atoms with Gasteiger partial charge in [0.15, 0.2) is 8.32 Å². The molecule has 100 valence electrons. The molecule has 0 aliphatic heterocycles. The second kappa shape index (κ2) is 6.55. The van der Waals surface area contributed by atoms with Crippen molar-refractivity contribution in [1.29, 1.82) is 0 Å². The summed E-state index contributed by atoms with van der Waals surface area (Å²) in [7, 11) is -1.67. The van der Waals surface area contributed by atoms with Crippen molar-refractivity contribution in [3.8, 4) is 0 Å². The molecule has 0 rings (SSSR count). The van der Waals surface area contributed by atoms with Crippen LogP contribution in [-0.4, -0.2) is 14.4 Å². The van der Waals surface area contributed by atoms with Gasteiger partial charge < -0.3 is 4.43 Å². The Labute approximate surface area is 109 Å². The molecule has 0 saturated heterocycles. The fourth-order valence-electron chi connectivity index (χ4n) is 1.37. The molecule has 0 aromatic heterocycles. The van der Waals surface area contributed by atoms with Gasteiger partial charge >= 0.3 is 0 Å². The topological polar surface area (TPSA) is 9.23 Å². The summed E-state index contributed by atoms with van der Waals surface area (Å²) in [5.41, 5.74) is 1.34. The van der Waals surface area contributed by atoms with E-state index < -0.39 is 8.32 Å². The number of hydrogen-bond donors (Lipinski definition) is 0. The van der Waals surface area contributed by atoms with E-state index in [9.17, 15) is 0 Å². The van der Waals surface area contributed by atoms with Gasteiger partial charge in [-0.05, 0) is 44.8 Å². The van der Waals surface area contributed by atoms with E-state index in [1.807, 2.05) is 6.08 Å². The van der Waals surface area contributed by atoms with Gasteiger partial charge in [-0.25, -0.2) is 0 Å². The molecule has 0 spiro atoms. The quantitative estimate of drug-likeness (QED) is 0.461. The van der Waals surface area contributed by atoms with Crippen LogP contribution >= 0.6 is 0 Å². The minimum absolute atomic E-state index is 0.263. The van der Waals surface area contributed by atoms with E-state index in [-0.39, 0.29) is 11.1 Å². The normalized spacial score (nSPS) is 15.8. The summed E-state index contributed by atoms with van der Waals surface area (Å²) in [6.45, 7) is 19.5. The average molecular weight is 254 g/mol. The second-order valence-electron chi connectivity index (χ2n) is 6.27. The molecule has 0 aromatic rings. The molecular formula is C15H30OSi. The van der Waals surface area contributed by atoms with Gasteiger partial charge in [-0.3, -0.25) is 0 Å². The van der Waals surface area contributed by atoms with Crippen molar-refractivity contribution in [2.75, 3.05) is 0 Å². The van der Waals surface area contributed by atoms with Crippen molar-refractivity contribution >= 4 is 8.32 Å². The Kier molecular flexibility index (Phi) is 6.42. The van der Waals surface area contributed by atoms with Crippen molar-refractivity contribution < 1.29 is 4.43 Å². The summed E-state index contributed by atoms with van der Waals surface area (Å²) in [5.74, 6) is 0. The third-order valence-corrected chi connectivity index (χ3v) is 8.33. The van der Waals surface area contributed by atoms with Gasteiger partial charge in [0.05, 0.1) is 6.10 Å². The maximum atomic E-state index is 6.48. The fourth-order valence-corrected chi connectivity index (χ4v) is 2.74. The molecule has 1 unspecified atom stereocenters. The molecule has 2 heteroatoms. The first-order valence-corrected chi connectivity index (χ1v) is 9.48. The van der Waals surface area contributed by atoms with Crippen LogP contribution in [0.3, 0.4) is 0 Å². The molecule has 0 N–H and O–H groups in total. The Morgan fingerprint density at radius 2 is 1.88 bits per heavy atom. The predicted molar refractivity (Wildman–Crippen MR) is 80.9 cm³/mol. The first-order valence-electron chi connectivity index (χ1n) is 6.57. The molecular weight excluding hydrogens is 224 g/mol. The summed E-state index contributed by atoms with van der Waals surface area (Å²) in [6, 6.07) is 0. The van der Waals surface area contributed by atoms with Gasteiger partial charge in [0.2, 0.25) is 0 Å². The monoisotopic (exact) mass is 254 g/mol. The zero-order valence-corrected chi connectivity index (χ0v) is 13.8. The lowest BCUT2D eigenvalue weighted by molar-refractivity contribution is 0.205. The minimum Gasteiger partial charge on any atom is -0.410 e. The summed E-state index contributed by atoms with van der Waals surface area (Å²) in [4.78, 5) is 0. The average Bonchev–Trinajstić information content (AvgIpc) is 2.21. The second-order valence-corrected chi connectivity index (χ2v) is 11.0. The Bertz CT molecular complexity index is 271. The Morgan fingerprint density at radius 3 is 2.24 bits per heavy atom. The van der Waals surface area contributed by atoms with Crippen molar-refractivity contribution in [2.24, 2.45) is 0 Å². The molecule has 0 heterocycles. The van der Waals surface area contributed by atoms with Gasteiger partial charge in [-0.15, -0.1) is 6.58 Å². The van der Waals surface area contributed by atoms with E-state index in [1.54, 1.807) is 0 Å². The van der Waals surface area contributed by atoms with Crippen LogP contribution in [0.4, 0.5) is 0 Å². The largest absolute Gasteiger partial charge is 0.410 e. The van der Waals surface area contributed by atoms with Crippen LogP contribution in [0.5, 0.6) is 0 Å². The van der Waals surface area contributed by atoms with Gasteiger partial charge in [0.25, 0.3) is 0 Å². The molecule has 0 saturated carbocycles. The zero-order valence-electron chi connectivity index (χ0n) is 12.8. The SMILES string of the molecule is C=CCCC(O[Si](C)(C)C(C)(C)C)/C(C)=C\C. The van der Waals surface area contributed by atoms with Crippen molar-refractivity contribution in [1.82, 2.24) is 0 Å². The highest BCUT2D eigenvalue weighted by Gasteiger charge is 2.39. The number of rotatable bonds is 6. The van der Waals surface area contributed by atoms with E-state index in [1.165, 1.54) is 5.57 Å². The molecule has 0 fully saturated rings. The summed E-state index contributed by atoms with van der Waals surface area (Å²) in [6.07, 6.45) is 6.47. The fraction of sp³-hybridized carbons (Fsp3) is 0.733. The smallest absolute Gasteiger partial charge is 0.192 e. The highest BCUT2D eigenvalue weighted by Crippen LogP contribution is 2.38. The molecule has 0 bridgehead atoms. The molecule has 17 heavy (non-hydrogen) atoms. The predicted octanol–water partition coefficient (Wildman–Crippen LogP) is 5.31. The van der Waals surface area contributed by atoms with Crippen LogP contribution < -0.4 is 0 Å². The van der Waals surface area contributed by atoms with Gasteiger partial charge in [0, 0.05) is 0 Å². The lowest BCUT2D eigenvalue weighted by Crippen LogP contribution is -2.44. The van der Waals surface area contributed by atoms with E-state index in [4.69, 9.17) is 4.43 Å². The van der Waals surface area contributed by atoms with Crippen LogP contribution in [0.1, 0.15) is 47.5 Å². The van der Waals surface area contributed by atoms with Crippen LogP contribution in [0.15, 0.2) is 24.3 Å². The standard InChI is InChI=1S/C15H30OSi/c1-9-11-12-14(13(3)10-2)16-17(7,8)15(4,5)6/h9-10,14H,1,11-12H2,2-8H3/b13-10-. The van der Waals surface area contributed by atoms with E-state index in [0.717, 1.165) is 12.8 Å². The zero-order chi connectivity index (χ0) is 13.7. The Morgan fingerprint density at radius 1 is 1.35 bits per heavy atom. The first-order chi connectivity index (χ1) is 7.65. The third kappa shape index (κ3) is 5.22. The molecule has 0 amide bonds. The maximum absolute atomic E-state index is 6.48. The van der Waals surface area contributed by atoms with Crippen LogP contribution in [-0.2, 0) is 4.43 Å². The van der Waals surface area contributed by atoms with Crippen molar-refractivity contribution in [3.63, 3.8) is 0 Å². The summed E-state index contributed by atoms with van der Waals surface area (Å²) >= 11 is 0. The molecule has 1 nitrogen and oxygen atoms in total. The summed E-state index contributed by atoms with van der Waals surface area (Å²) < 4.78 is 6.48. The van der Waals surface area contributed by atoms with Gasteiger partial charge in [-0.1, -0.05) is 38.5 Å². The third-order valence-electron chi connectivity index (χ3n) is 3.84. The molecule has 0 radical (unpaired) electrons. The van der Waals surface area contributed by atoms with E-state index >= 15 is 0 Å². The lowest BCUT2D eigenvalue weighted by atomic mass is 10.1. The number of allylic oxidation sites excluding steroid dienone is 2. The lowest BCUT2D eigenvalue weighted by Gasteiger charge is -2.39. The molecule has 1 atom stereocenters.